The molecular weight excluding hydrogens is 200 g/mol. The maximum absolute atomic E-state index is 6.11. The zero-order valence-electron chi connectivity index (χ0n) is 9.82. The van der Waals surface area contributed by atoms with Crippen LogP contribution in [0, 0.1) is 0 Å². The Bertz CT molecular complexity index is 515. The molecule has 0 amide bonds. The van der Waals surface area contributed by atoms with Crippen LogP contribution in [0.15, 0.2) is 30.5 Å². The van der Waals surface area contributed by atoms with Gasteiger partial charge in [-0.05, 0) is 37.4 Å². The van der Waals surface area contributed by atoms with E-state index in [-0.39, 0.29) is 0 Å². The molecule has 1 heterocycles. The lowest BCUT2D eigenvalue weighted by molar-refractivity contribution is 0.415. The fraction of sp³-hybridized carbons (Fsp3) is 0.308. The summed E-state index contributed by atoms with van der Waals surface area (Å²) in [4.78, 5) is 4.37. The predicted molar refractivity (Wildman–Crippen MR) is 65.5 cm³/mol. The quantitative estimate of drug-likeness (QED) is 0.838. The summed E-state index contributed by atoms with van der Waals surface area (Å²) in [6.07, 6.45) is 1.79. The van der Waals surface area contributed by atoms with Crippen molar-refractivity contribution in [2.45, 2.75) is 19.4 Å². The fourth-order valence-electron chi connectivity index (χ4n) is 1.79. The Morgan fingerprint density at radius 1 is 1.25 bits per heavy atom. The van der Waals surface area contributed by atoms with Gasteiger partial charge in [-0.25, -0.2) is 0 Å². The van der Waals surface area contributed by atoms with Crippen molar-refractivity contribution < 1.29 is 4.74 Å². The molecule has 16 heavy (non-hydrogen) atoms. The summed E-state index contributed by atoms with van der Waals surface area (Å²) >= 11 is 0. The molecule has 0 radical (unpaired) electrons. The van der Waals surface area contributed by atoms with Gasteiger partial charge in [0.1, 0.15) is 5.75 Å². The van der Waals surface area contributed by atoms with Crippen molar-refractivity contribution in [1.82, 2.24) is 4.98 Å². The van der Waals surface area contributed by atoms with Crippen LogP contribution >= 0.6 is 0 Å². The Balaban J connectivity index is 2.74. The lowest BCUT2D eigenvalue weighted by atomic mass is 9.96. The highest BCUT2D eigenvalue weighted by molar-refractivity contribution is 5.86. The number of fused-ring (bicyclic) bond motifs is 1. The van der Waals surface area contributed by atoms with Crippen LogP contribution in [0.3, 0.4) is 0 Å². The summed E-state index contributed by atoms with van der Waals surface area (Å²) in [5.74, 6) is 0.825. The molecule has 0 aliphatic carbocycles. The fourth-order valence-corrected chi connectivity index (χ4v) is 1.79. The summed E-state index contributed by atoms with van der Waals surface area (Å²) in [7, 11) is 1.66. The number of hydrogen-bond acceptors (Lipinski definition) is 3. The van der Waals surface area contributed by atoms with Crippen molar-refractivity contribution in [1.29, 1.82) is 0 Å². The van der Waals surface area contributed by atoms with Gasteiger partial charge in [0.25, 0.3) is 0 Å². The molecular formula is C13H16N2O. The molecule has 2 rings (SSSR count). The van der Waals surface area contributed by atoms with Crippen molar-refractivity contribution >= 4 is 10.8 Å². The Hall–Kier alpha value is -1.61. The van der Waals surface area contributed by atoms with E-state index in [1.165, 1.54) is 0 Å². The highest BCUT2D eigenvalue weighted by Crippen LogP contribution is 2.27. The van der Waals surface area contributed by atoms with Gasteiger partial charge in [0.05, 0.1) is 18.3 Å². The zero-order valence-corrected chi connectivity index (χ0v) is 9.82. The zero-order chi connectivity index (χ0) is 11.8. The van der Waals surface area contributed by atoms with Crippen molar-refractivity contribution in [3.8, 4) is 5.75 Å². The molecule has 0 saturated carbocycles. The molecule has 0 fully saturated rings. The minimum absolute atomic E-state index is 0.453. The lowest BCUT2D eigenvalue weighted by Crippen LogP contribution is -2.30. The van der Waals surface area contributed by atoms with E-state index in [2.05, 4.69) is 4.98 Å². The van der Waals surface area contributed by atoms with E-state index in [0.29, 0.717) is 0 Å². The summed E-state index contributed by atoms with van der Waals surface area (Å²) in [5.41, 5.74) is 6.55. The van der Waals surface area contributed by atoms with Crippen LogP contribution in [0.5, 0.6) is 5.75 Å². The van der Waals surface area contributed by atoms with Crippen LogP contribution in [0.1, 0.15) is 19.5 Å². The Morgan fingerprint density at radius 3 is 2.62 bits per heavy atom. The van der Waals surface area contributed by atoms with Gasteiger partial charge in [-0.3, -0.25) is 4.98 Å². The third-order valence-corrected chi connectivity index (χ3v) is 2.58. The molecule has 2 N–H and O–H groups in total. The lowest BCUT2D eigenvalue weighted by Gasteiger charge is -2.20. The highest BCUT2D eigenvalue weighted by Gasteiger charge is 2.18. The van der Waals surface area contributed by atoms with Gasteiger partial charge in [0.2, 0.25) is 0 Å². The minimum atomic E-state index is -0.453. The molecule has 0 spiro atoms. The summed E-state index contributed by atoms with van der Waals surface area (Å²) < 4.78 is 5.22. The maximum atomic E-state index is 6.11. The second kappa shape index (κ2) is 3.76. The Morgan fingerprint density at radius 2 is 2.00 bits per heavy atom. The van der Waals surface area contributed by atoms with Crippen LogP contribution in [0.25, 0.3) is 10.8 Å². The van der Waals surface area contributed by atoms with E-state index in [9.17, 15) is 0 Å². The molecule has 3 nitrogen and oxygen atoms in total. The van der Waals surface area contributed by atoms with Crippen molar-refractivity contribution in [2.75, 3.05) is 7.11 Å². The van der Waals surface area contributed by atoms with Gasteiger partial charge in [0.15, 0.2) is 0 Å². The molecule has 0 saturated heterocycles. The molecule has 0 bridgehead atoms. The largest absolute Gasteiger partial charge is 0.497 e. The molecule has 0 unspecified atom stereocenters. The molecule has 0 aliphatic rings. The molecule has 0 aliphatic heterocycles. The first-order valence-electron chi connectivity index (χ1n) is 5.24. The standard InChI is InChI=1S/C13H16N2O/c1-13(2,14)12-11-8-10(16-3)5-4-9(11)6-7-15-12/h4-8H,14H2,1-3H3. The second-order valence-electron chi connectivity index (χ2n) is 4.47. The molecule has 1 aromatic heterocycles. The first kappa shape index (κ1) is 10.9. The molecule has 84 valence electrons. The van der Waals surface area contributed by atoms with Crippen molar-refractivity contribution in [2.24, 2.45) is 5.73 Å². The topological polar surface area (TPSA) is 48.1 Å². The van der Waals surface area contributed by atoms with Crippen LogP contribution in [0.2, 0.25) is 0 Å². The van der Waals surface area contributed by atoms with E-state index in [1.807, 2.05) is 38.1 Å². The minimum Gasteiger partial charge on any atom is -0.497 e. The summed E-state index contributed by atoms with van der Waals surface area (Å²) in [5, 5.41) is 2.18. The normalized spacial score (nSPS) is 11.8. The van der Waals surface area contributed by atoms with Crippen molar-refractivity contribution in [3.05, 3.63) is 36.2 Å². The average Bonchev–Trinajstić information content (AvgIpc) is 2.26. The van der Waals surface area contributed by atoms with E-state index >= 15 is 0 Å². The van der Waals surface area contributed by atoms with Crippen LogP contribution in [-0.2, 0) is 5.54 Å². The summed E-state index contributed by atoms with van der Waals surface area (Å²) in [6, 6.07) is 7.91. The van der Waals surface area contributed by atoms with Crippen LogP contribution in [0.4, 0.5) is 0 Å². The number of aromatic nitrogens is 1. The average molecular weight is 216 g/mol. The van der Waals surface area contributed by atoms with Gasteiger partial charge < -0.3 is 10.5 Å². The van der Waals surface area contributed by atoms with Gasteiger partial charge >= 0.3 is 0 Å². The van der Waals surface area contributed by atoms with E-state index in [0.717, 1.165) is 22.2 Å². The number of hydrogen-bond donors (Lipinski definition) is 1. The first-order valence-corrected chi connectivity index (χ1v) is 5.24. The van der Waals surface area contributed by atoms with E-state index < -0.39 is 5.54 Å². The molecule has 3 heteroatoms. The third kappa shape index (κ3) is 1.86. The number of methoxy groups -OCH3 is 1. The number of pyridine rings is 1. The monoisotopic (exact) mass is 216 g/mol. The molecule has 2 aromatic rings. The SMILES string of the molecule is COc1ccc2ccnc(C(C)(C)N)c2c1. The number of nitrogens with two attached hydrogens (primary N) is 1. The number of nitrogens with zero attached hydrogens (tertiary/aromatic N) is 1. The number of rotatable bonds is 2. The van der Waals surface area contributed by atoms with Gasteiger partial charge in [-0.2, -0.15) is 0 Å². The second-order valence-corrected chi connectivity index (χ2v) is 4.47. The predicted octanol–water partition coefficient (Wildman–Crippen LogP) is 2.44. The molecule has 1 aromatic carbocycles. The van der Waals surface area contributed by atoms with Crippen molar-refractivity contribution in [3.63, 3.8) is 0 Å². The third-order valence-electron chi connectivity index (χ3n) is 2.58. The highest BCUT2D eigenvalue weighted by atomic mass is 16.5. The smallest absolute Gasteiger partial charge is 0.119 e. The maximum Gasteiger partial charge on any atom is 0.119 e. The van der Waals surface area contributed by atoms with Gasteiger partial charge in [0, 0.05) is 11.6 Å². The van der Waals surface area contributed by atoms with Gasteiger partial charge in [-0.15, -0.1) is 0 Å². The Kier molecular flexibility index (Phi) is 2.56. The summed E-state index contributed by atoms with van der Waals surface area (Å²) in [6.45, 7) is 3.91. The van der Waals surface area contributed by atoms with Crippen LogP contribution < -0.4 is 10.5 Å². The number of benzene rings is 1. The Labute approximate surface area is 95.2 Å². The van der Waals surface area contributed by atoms with E-state index in [1.54, 1.807) is 13.3 Å². The first-order chi connectivity index (χ1) is 7.52. The van der Waals surface area contributed by atoms with Gasteiger partial charge in [-0.1, -0.05) is 6.07 Å². The van der Waals surface area contributed by atoms with Crippen LogP contribution in [-0.4, -0.2) is 12.1 Å². The van der Waals surface area contributed by atoms with E-state index in [4.69, 9.17) is 10.5 Å². The number of ether oxygens (including phenoxy) is 1. The molecule has 0 atom stereocenters.